The third-order valence-corrected chi connectivity index (χ3v) is 8.41. The molecule has 6 rings (SSSR count). The normalized spacial score (nSPS) is 11.7. The van der Waals surface area contributed by atoms with Crippen molar-refractivity contribution < 1.29 is 30.6 Å². The Morgan fingerprint density at radius 2 is 0.364 bits per heavy atom. The van der Waals surface area contributed by atoms with Crippen LogP contribution in [0.25, 0.3) is 0 Å². The van der Waals surface area contributed by atoms with Gasteiger partial charge in [0.2, 0.25) is 0 Å². The number of phenolic OH excluding ortho intramolecular Hbond substituents is 6. The molecule has 0 aliphatic carbocycles. The van der Waals surface area contributed by atoms with E-state index in [9.17, 15) is 30.6 Å². The summed E-state index contributed by atoms with van der Waals surface area (Å²) >= 11 is 0. The van der Waals surface area contributed by atoms with Crippen LogP contribution in [0.5, 0.6) is 34.5 Å². The van der Waals surface area contributed by atoms with Crippen molar-refractivity contribution in [3.05, 3.63) is 179 Å². The van der Waals surface area contributed by atoms with Gasteiger partial charge in [0.15, 0.2) is 0 Å². The van der Waals surface area contributed by atoms with E-state index in [2.05, 4.69) is 0 Å². The maximum absolute atomic E-state index is 11.8. The van der Waals surface area contributed by atoms with Crippen LogP contribution in [-0.4, -0.2) is 30.6 Å². The topological polar surface area (TPSA) is 121 Å². The number of phenols is 6. The highest BCUT2D eigenvalue weighted by molar-refractivity contribution is 5.76. The first-order valence-electron chi connectivity index (χ1n) is 14.1. The van der Waals surface area contributed by atoms with Crippen LogP contribution in [0, 0.1) is 0 Å². The van der Waals surface area contributed by atoms with Gasteiger partial charge in [0.1, 0.15) is 34.5 Å². The summed E-state index contributed by atoms with van der Waals surface area (Å²) in [5.41, 5.74) is -2.45. The Balaban J connectivity index is 2.07. The maximum Gasteiger partial charge on any atom is 0.120 e. The standard InChI is InChI=1S/C38H30O6/c39-31-19-7-1-13-25(31)37(26-14-2-8-20-32(26)40,27-15-3-9-21-33(27)41)38(28-16-4-10-22-34(28)42,29-17-5-11-23-35(29)43)30-18-6-12-24-36(30)44/h1-24,39-44H. The lowest BCUT2D eigenvalue weighted by Crippen LogP contribution is -2.53. The van der Waals surface area contributed by atoms with E-state index in [4.69, 9.17) is 0 Å². The average Bonchev–Trinajstić information content (AvgIpc) is 3.03. The monoisotopic (exact) mass is 582 g/mol. The van der Waals surface area contributed by atoms with Crippen molar-refractivity contribution in [2.75, 3.05) is 0 Å². The molecule has 0 amide bonds. The Morgan fingerprint density at radius 3 is 0.500 bits per heavy atom. The van der Waals surface area contributed by atoms with Crippen LogP contribution in [0.15, 0.2) is 146 Å². The average molecular weight is 583 g/mol. The van der Waals surface area contributed by atoms with Crippen LogP contribution in [0.2, 0.25) is 0 Å². The molecule has 0 spiro atoms. The van der Waals surface area contributed by atoms with Crippen LogP contribution < -0.4 is 0 Å². The molecule has 0 fully saturated rings. The fourth-order valence-corrected chi connectivity index (χ4v) is 6.83. The first kappa shape index (κ1) is 28.2. The minimum atomic E-state index is -1.88. The van der Waals surface area contributed by atoms with Gasteiger partial charge < -0.3 is 30.6 Å². The molecule has 0 saturated heterocycles. The number of hydrogen-bond donors (Lipinski definition) is 6. The molecule has 0 atom stereocenters. The summed E-state index contributed by atoms with van der Waals surface area (Å²) < 4.78 is 0. The van der Waals surface area contributed by atoms with Crippen molar-refractivity contribution in [1.29, 1.82) is 0 Å². The maximum atomic E-state index is 11.8. The number of para-hydroxylation sites is 6. The van der Waals surface area contributed by atoms with Crippen LogP contribution in [0.3, 0.4) is 0 Å². The predicted molar refractivity (Wildman–Crippen MR) is 168 cm³/mol. The van der Waals surface area contributed by atoms with E-state index in [-0.39, 0.29) is 67.9 Å². The highest BCUT2D eigenvalue weighted by Crippen LogP contribution is 2.66. The Morgan fingerprint density at radius 1 is 0.227 bits per heavy atom. The van der Waals surface area contributed by atoms with Gasteiger partial charge in [-0.1, -0.05) is 109 Å². The molecule has 0 saturated carbocycles. The van der Waals surface area contributed by atoms with Gasteiger partial charge in [0.25, 0.3) is 0 Å². The second-order valence-corrected chi connectivity index (χ2v) is 10.6. The number of hydrogen-bond acceptors (Lipinski definition) is 6. The molecule has 6 nitrogen and oxygen atoms in total. The van der Waals surface area contributed by atoms with Gasteiger partial charge in [-0.25, -0.2) is 0 Å². The zero-order valence-electron chi connectivity index (χ0n) is 23.5. The van der Waals surface area contributed by atoms with Crippen molar-refractivity contribution in [2.45, 2.75) is 10.8 Å². The zero-order chi connectivity index (χ0) is 30.9. The highest BCUT2D eigenvalue weighted by atomic mass is 16.3. The summed E-state index contributed by atoms with van der Waals surface area (Å²) in [6.45, 7) is 0. The van der Waals surface area contributed by atoms with Crippen molar-refractivity contribution in [1.82, 2.24) is 0 Å². The summed E-state index contributed by atoms with van der Waals surface area (Å²) in [6, 6.07) is 39.2. The fraction of sp³-hybridized carbons (Fsp3) is 0.0526. The molecule has 6 heteroatoms. The molecule has 0 aromatic heterocycles. The molecule has 0 bridgehead atoms. The second kappa shape index (κ2) is 11.1. The molecule has 44 heavy (non-hydrogen) atoms. The van der Waals surface area contributed by atoms with Gasteiger partial charge in [-0.3, -0.25) is 0 Å². The van der Waals surface area contributed by atoms with E-state index in [1.54, 1.807) is 109 Å². The lowest BCUT2D eigenvalue weighted by Gasteiger charge is -2.53. The largest absolute Gasteiger partial charge is 0.508 e. The van der Waals surface area contributed by atoms with Gasteiger partial charge >= 0.3 is 0 Å². The van der Waals surface area contributed by atoms with E-state index in [0.717, 1.165) is 0 Å². The summed E-state index contributed by atoms with van der Waals surface area (Å²) in [7, 11) is 0. The van der Waals surface area contributed by atoms with Crippen molar-refractivity contribution in [3.8, 4) is 34.5 Å². The third-order valence-electron chi connectivity index (χ3n) is 8.41. The van der Waals surface area contributed by atoms with E-state index < -0.39 is 10.8 Å². The number of aromatic hydroxyl groups is 6. The predicted octanol–water partition coefficient (Wildman–Crippen LogP) is 7.29. The molecule has 0 radical (unpaired) electrons. The smallest absolute Gasteiger partial charge is 0.120 e. The van der Waals surface area contributed by atoms with E-state index in [0.29, 0.717) is 0 Å². The molecule has 0 heterocycles. The quantitative estimate of drug-likeness (QED) is 0.110. The molecular formula is C38H30O6. The van der Waals surface area contributed by atoms with Gasteiger partial charge in [0, 0.05) is 33.4 Å². The fourth-order valence-electron chi connectivity index (χ4n) is 6.83. The summed E-state index contributed by atoms with van der Waals surface area (Å²) in [4.78, 5) is 0. The number of rotatable bonds is 7. The van der Waals surface area contributed by atoms with Gasteiger partial charge in [-0.05, 0) is 36.4 Å². The SMILES string of the molecule is Oc1ccccc1C(c1ccccc1O)(c1ccccc1O)C(c1ccccc1O)(c1ccccc1O)c1ccccc1O. The molecule has 0 unspecified atom stereocenters. The Hall–Kier alpha value is -5.88. The van der Waals surface area contributed by atoms with Crippen molar-refractivity contribution in [3.63, 3.8) is 0 Å². The summed E-state index contributed by atoms with van der Waals surface area (Å²) in [5.74, 6) is -1.14. The van der Waals surface area contributed by atoms with E-state index >= 15 is 0 Å². The minimum absolute atomic E-state index is 0.190. The molecule has 6 N–H and O–H groups in total. The minimum Gasteiger partial charge on any atom is -0.508 e. The third kappa shape index (κ3) is 4.03. The molecule has 0 aliphatic rings. The second-order valence-electron chi connectivity index (χ2n) is 10.6. The van der Waals surface area contributed by atoms with Crippen molar-refractivity contribution >= 4 is 0 Å². The van der Waals surface area contributed by atoms with Crippen LogP contribution in [-0.2, 0) is 10.8 Å². The lowest BCUT2D eigenvalue weighted by atomic mass is 9.46. The number of benzene rings is 6. The molecule has 218 valence electrons. The lowest BCUT2D eigenvalue weighted by molar-refractivity contribution is 0.330. The first-order chi connectivity index (χ1) is 21.3. The summed E-state index contributed by atoms with van der Waals surface area (Å²) in [6.07, 6.45) is 0. The molecule has 0 aliphatic heterocycles. The van der Waals surface area contributed by atoms with Crippen LogP contribution in [0.1, 0.15) is 33.4 Å². The zero-order valence-corrected chi connectivity index (χ0v) is 23.5. The molecule has 6 aromatic carbocycles. The Bertz CT molecular complexity index is 1600. The van der Waals surface area contributed by atoms with Crippen LogP contribution in [0.4, 0.5) is 0 Å². The summed E-state index contributed by atoms with van der Waals surface area (Å²) in [5, 5.41) is 70.9. The molecular weight excluding hydrogens is 552 g/mol. The van der Waals surface area contributed by atoms with Crippen LogP contribution >= 0.6 is 0 Å². The Labute approximate surface area is 254 Å². The highest BCUT2D eigenvalue weighted by Gasteiger charge is 2.62. The first-order valence-corrected chi connectivity index (χ1v) is 14.1. The van der Waals surface area contributed by atoms with E-state index in [1.165, 1.54) is 36.4 Å². The Kier molecular flexibility index (Phi) is 7.11. The van der Waals surface area contributed by atoms with Gasteiger partial charge in [-0.15, -0.1) is 0 Å². The van der Waals surface area contributed by atoms with Crippen molar-refractivity contribution in [2.24, 2.45) is 0 Å². The van der Waals surface area contributed by atoms with Gasteiger partial charge in [0.05, 0.1) is 10.8 Å². The molecule has 6 aromatic rings. The van der Waals surface area contributed by atoms with E-state index in [1.807, 2.05) is 0 Å². The van der Waals surface area contributed by atoms with Gasteiger partial charge in [-0.2, -0.15) is 0 Å².